The van der Waals surface area contributed by atoms with Gasteiger partial charge in [-0.05, 0) is 65.9 Å². The second kappa shape index (κ2) is 10.9. The van der Waals surface area contributed by atoms with Crippen molar-refractivity contribution in [3.05, 3.63) is 93.8 Å². The highest BCUT2D eigenvalue weighted by Crippen LogP contribution is 2.29. The Morgan fingerprint density at radius 1 is 1.24 bits per heavy atom. The van der Waals surface area contributed by atoms with Gasteiger partial charge >= 0.3 is 5.69 Å². The SMILES string of the molecule is COCc1cc(OC)cc(C(Nc2ccc(C(=N)N)cc2)c2nn(/C(N)=C/C=C\N)c(=O)[nH]2)c1. The molecule has 11 heteroatoms. The number of methoxy groups -OCH3 is 2. The summed E-state index contributed by atoms with van der Waals surface area (Å²) in [5, 5.41) is 15.4. The Hall–Kier alpha value is -4.51. The Labute approximate surface area is 196 Å². The van der Waals surface area contributed by atoms with Gasteiger partial charge in [0.2, 0.25) is 0 Å². The van der Waals surface area contributed by atoms with E-state index in [-0.39, 0.29) is 11.7 Å². The minimum absolute atomic E-state index is 0.0306. The molecule has 3 rings (SSSR count). The summed E-state index contributed by atoms with van der Waals surface area (Å²) in [6, 6.07) is 12.1. The van der Waals surface area contributed by atoms with Gasteiger partial charge in [-0.3, -0.25) is 10.4 Å². The lowest BCUT2D eigenvalue weighted by atomic mass is 10.0. The van der Waals surface area contributed by atoms with Gasteiger partial charge in [-0.1, -0.05) is 6.07 Å². The number of nitrogens with zero attached hydrogens (tertiary/aromatic N) is 2. The summed E-state index contributed by atoms with van der Waals surface area (Å²) in [6.07, 6.45) is 4.27. The van der Waals surface area contributed by atoms with Gasteiger partial charge in [-0.15, -0.1) is 5.10 Å². The molecule has 0 radical (unpaired) electrons. The molecule has 0 amide bonds. The van der Waals surface area contributed by atoms with E-state index in [0.29, 0.717) is 23.7 Å². The fourth-order valence-corrected chi connectivity index (χ4v) is 3.31. The smallest absolute Gasteiger partial charge is 0.349 e. The van der Waals surface area contributed by atoms with Crippen LogP contribution in [-0.2, 0) is 11.3 Å². The summed E-state index contributed by atoms with van der Waals surface area (Å²) in [5.41, 5.74) is 19.4. The minimum atomic E-state index is -0.583. The molecule has 1 atom stereocenters. The number of nitrogen functional groups attached to an aromatic ring is 1. The zero-order chi connectivity index (χ0) is 24.7. The first-order chi connectivity index (χ1) is 16.4. The van der Waals surface area contributed by atoms with Crippen molar-refractivity contribution in [3.63, 3.8) is 0 Å². The Kier molecular flexibility index (Phi) is 7.72. The number of H-pyrrole nitrogens is 1. The number of benzene rings is 2. The lowest BCUT2D eigenvalue weighted by molar-refractivity contribution is 0.184. The maximum absolute atomic E-state index is 12.6. The average molecular weight is 465 g/mol. The lowest BCUT2D eigenvalue weighted by Crippen LogP contribution is -2.21. The Bertz CT molecular complexity index is 1260. The first kappa shape index (κ1) is 24.1. The zero-order valence-electron chi connectivity index (χ0n) is 18.9. The first-order valence-electron chi connectivity index (χ1n) is 10.3. The van der Waals surface area contributed by atoms with Crippen LogP contribution in [0, 0.1) is 5.41 Å². The van der Waals surface area contributed by atoms with Crippen LogP contribution >= 0.6 is 0 Å². The lowest BCUT2D eigenvalue weighted by Gasteiger charge is -2.20. The molecule has 0 aliphatic heterocycles. The number of anilines is 1. The predicted octanol–water partition coefficient (Wildman–Crippen LogP) is 1.44. The molecule has 11 nitrogen and oxygen atoms in total. The maximum atomic E-state index is 12.6. The van der Waals surface area contributed by atoms with Gasteiger partial charge in [0.1, 0.15) is 23.4 Å². The quantitative estimate of drug-likeness (QED) is 0.148. The van der Waals surface area contributed by atoms with Gasteiger partial charge in [0, 0.05) is 18.4 Å². The van der Waals surface area contributed by atoms with Gasteiger partial charge in [0.25, 0.3) is 0 Å². The highest BCUT2D eigenvalue weighted by Gasteiger charge is 2.22. The van der Waals surface area contributed by atoms with E-state index < -0.39 is 11.7 Å². The van der Waals surface area contributed by atoms with Crippen molar-refractivity contribution in [2.24, 2.45) is 17.2 Å². The molecule has 0 bridgehead atoms. The number of amidine groups is 1. The molecule has 1 unspecified atom stereocenters. The Morgan fingerprint density at radius 3 is 2.59 bits per heavy atom. The van der Waals surface area contributed by atoms with Crippen LogP contribution in [0.4, 0.5) is 5.69 Å². The number of hydrogen-bond donors (Lipinski definition) is 6. The average Bonchev–Trinajstić information content (AvgIpc) is 3.22. The topological polar surface area (TPSA) is 183 Å². The molecule has 0 fully saturated rings. The molecule has 178 valence electrons. The molecular weight excluding hydrogens is 436 g/mol. The number of hydrogen-bond acceptors (Lipinski definition) is 8. The van der Waals surface area contributed by atoms with Crippen LogP contribution in [0.3, 0.4) is 0 Å². The van der Waals surface area contributed by atoms with E-state index in [0.717, 1.165) is 21.5 Å². The van der Waals surface area contributed by atoms with Crippen LogP contribution < -0.4 is 32.9 Å². The van der Waals surface area contributed by atoms with Crippen molar-refractivity contribution in [2.75, 3.05) is 19.5 Å². The van der Waals surface area contributed by atoms with E-state index in [1.807, 2.05) is 18.2 Å². The molecular formula is C23H28N8O3. The largest absolute Gasteiger partial charge is 0.497 e. The zero-order valence-corrected chi connectivity index (χ0v) is 18.9. The maximum Gasteiger partial charge on any atom is 0.349 e. The predicted molar refractivity (Wildman–Crippen MR) is 131 cm³/mol. The summed E-state index contributed by atoms with van der Waals surface area (Å²) in [7, 11) is 3.18. The van der Waals surface area contributed by atoms with Crippen LogP contribution in [-0.4, -0.2) is 34.8 Å². The molecule has 0 saturated heterocycles. The molecule has 0 aliphatic carbocycles. The summed E-state index contributed by atoms with van der Waals surface area (Å²) >= 11 is 0. The number of allylic oxidation sites excluding steroid dienone is 2. The van der Waals surface area contributed by atoms with E-state index in [1.54, 1.807) is 38.5 Å². The molecule has 0 spiro atoms. The van der Waals surface area contributed by atoms with Gasteiger partial charge in [-0.2, -0.15) is 4.68 Å². The van der Waals surface area contributed by atoms with Gasteiger partial charge < -0.3 is 32.0 Å². The molecule has 3 aromatic rings. The standard InChI is InChI=1S/C23H28N8O3/c1-33-13-14-10-16(12-18(11-14)34-2)20(28-17-7-5-15(6-8-17)21(26)27)22-29-23(32)31(30-22)19(25)4-3-9-24/h3-12,20,28H,13,24-25H2,1-2H3,(H3,26,27)(H,29,30,32)/b9-3-,19-4+. The van der Waals surface area contributed by atoms with E-state index in [1.165, 1.54) is 18.4 Å². The van der Waals surface area contributed by atoms with Crippen molar-refractivity contribution in [1.82, 2.24) is 14.8 Å². The summed E-state index contributed by atoms with van der Waals surface area (Å²) < 4.78 is 11.8. The summed E-state index contributed by atoms with van der Waals surface area (Å²) in [6.45, 7) is 0.371. The van der Waals surface area contributed by atoms with Gasteiger partial charge in [0.05, 0.1) is 13.7 Å². The third-order valence-electron chi connectivity index (χ3n) is 4.91. The minimum Gasteiger partial charge on any atom is -0.497 e. The monoisotopic (exact) mass is 464 g/mol. The normalized spacial score (nSPS) is 12.6. The van der Waals surface area contributed by atoms with Crippen LogP contribution in [0.2, 0.25) is 0 Å². The second-order valence-electron chi connectivity index (χ2n) is 7.32. The molecule has 2 aromatic carbocycles. The molecule has 1 aromatic heterocycles. The number of aromatic nitrogens is 3. The van der Waals surface area contributed by atoms with E-state index in [4.69, 9.17) is 32.1 Å². The fraction of sp³-hybridized carbons (Fsp3) is 0.174. The number of nitrogens with one attached hydrogen (secondary N) is 3. The van der Waals surface area contributed by atoms with E-state index >= 15 is 0 Å². The number of rotatable bonds is 10. The fourth-order valence-electron chi connectivity index (χ4n) is 3.31. The third kappa shape index (κ3) is 5.64. The van der Waals surface area contributed by atoms with E-state index in [9.17, 15) is 4.79 Å². The van der Waals surface area contributed by atoms with Gasteiger partial charge in [0.15, 0.2) is 5.82 Å². The number of ether oxygens (including phenoxy) is 2. The highest BCUT2D eigenvalue weighted by atomic mass is 16.5. The van der Waals surface area contributed by atoms with Crippen LogP contribution in [0.1, 0.15) is 28.6 Å². The van der Waals surface area contributed by atoms with Crippen LogP contribution in [0.25, 0.3) is 5.82 Å². The van der Waals surface area contributed by atoms with Crippen LogP contribution in [0.15, 0.2) is 65.6 Å². The third-order valence-corrected chi connectivity index (χ3v) is 4.91. The van der Waals surface area contributed by atoms with Crippen LogP contribution in [0.5, 0.6) is 5.75 Å². The molecule has 0 aliphatic rings. The Morgan fingerprint density at radius 2 is 1.97 bits per heavy atom. The molecule has 9 N–H and O–H groups in total. The summed E-state index contributed by atoms with van der Waals surface area (Å²) in [5.74, 6) is 1.02. The number of aromatic amines is 1. The molecule has 0 saturated carbocycles. The summed E-state index contributed by atoms with van der Waals surface area (Å²) in [4.78, 5) is 15.4. The molecule has 1 heterocycles. The number of nitrogens with two attached hydrogens (primary N) is 3. The van der Waals surface area contributed by atoms with Crippen molar-refractivity contribution in [1.29, 1.82) is 5.41 Å². The second-order valence-corrected chi connectivity index (χ2v) is 7.32. The van der Waals surface area contributed by atoms with Crippen molar-refractivity contribution in [3.8, 4) is 5.75 Å². The highest BCUT2D eigenvalue weighted by molar-refractivity contribution is 5.95. The van der Waals surface area contributed by atoms with Crippen molar-refractivity contribution < 1.29 is 9.47 Å². The van der Waals surface area contributed by atoms with E-state index in [2.05, 4.69) is 15.4 Å². The first-order valence-corrected chi connectivity index (χ1v) is 10.3. The van der Waals surface area contributed by atoms with Gasteiger partial charge in [-0.25, -0.2) is 4.79 Å². The van der Waals surface area contributed by atoms with Crippen molar-refractivity contribution >= 4 is 17.3 Å². The van der Waals surface area contributed by atoms with Crippen molar-refractivity contribution in [2.45, 2.75) is 12.6 Å². The Balaban J connectivity index is 2.10. The molecule has 34 heavy (non-hydrogen) atoms.